The van der Waals surface area contributed by atoms with E-state index in [1.54, 1.807) is 6.20 Å². The zero-order valence-corrected chi connectivity index (χ0v) is 18.5. The largest absolute Gasteiger partial charge is 0.467 e. The summed E-state index contributed by atoms with van der Waals surface area (Å²) >= 11 is 0. The Morgan fingerprint density at radius 3 is 2.29 bits per heavy atom. The number of ether oxygens (including phenoxy) is 1. The van der Waals surface area contributed by atoms with Crippen LogP contribution in [0.1, 0.15) is 57.6 Å². The third-order valence-electron chi connectivity index (χ3n) is 5.59. The van der Waals surface area contributed by atoms with Crippen molar-refractivity contribution in [3.8, 4) is 11.4 Å². The van der Waals surface area contributed by atoms with Crippen molar-refractivity contribution in [2.24, 2.45) is 4.99 Å². The van der Waals surface area contributed by atoms with E-state index < -0.39 is 0 Å². The molecular formula is C25H26N4O2. The summed E-state index contributed by atoms with van der Waals surface area (Å²) in [6.45, 7) is 10.7. The summed E-state index contributed by atoms with van der Waals surface area (Å²) in [4.78, 5) is 18.5. The fraction of sp³-hybridized carbons (Fsp3) is 0.360. The molecule has 0 saturated heterocycles. The third-order valence-corrected chi connectivity index (χ3v) is 5.59. The van der Waals surface area contributed by atoms with Gasteiger partial charge in [0.05, 0.1) is 17.0 Å². The van der Waals surface area contributed by atoms with E-state index in [0.29, 0.717) is 5.90 Å². The van der Waals surface area contributed by atoms with Crippen LogP contribution in [0.4, 0.5) is 0 Å². The first-order valence-corrected chi connectivity index (χ1v) is 10.7. The van der Waals surface area contributed by atoms with Crippen molar-refractivity contribution < 1.29 is 9.15 Å². The number of pyridine rings is 2. The zero-order valence-electron chi connectivity index (χ0n) is 18.5. The Morgan fingerprint density at radius 2 is 1.68 bits per heavy atom. The molecular weight excluding hydrogens is 388 g/mol. The van der Waals surface area contributed by atoms with E-state index in [4.69, 9.17) is 14.1 Å². The van der Waals surface area contributed by atoms with E-state index in [1.165, 1.54) is 5.56 Å². The summed E-state index contributed by atoms with van der Waals surface area (Å²) < 4.78 is 12.0. The van der Waals surface area contributed by atoms with Crippen LogP contribution in [-0.2, 0) is 10.2 Å². The van der Waals surface area contributed by atoms with Crippen LogP contribution >= 0.6 is 0 Å². The fourth-order valence-corrected chi connectivity index (χ4v) is 3.66. The first-order valence-electron chi connectivity index (χ1n) is 10.7. The van der Waals surface area contributed by atoms with Gasteiger partial charge in [-0.05, 0) is 35.3 Å². The molecule has 5 rings (SSSR count). The number of oxazole rings is 1. The lowest BCUT2D eigenvalue weighted by Crippen LogP contribution is -2.35. The fourth-order valence-electron chi connectivity index (χ4n) is 3.66. The van der Waals surface area contributed by atoms with Gasteiger partial charge in [0.25, 0.3) is 0 Å². The van der Waals surface area contributed by atoms with Crippen LogP contribution in [-0.4, -0.2) is 33.0 Å². The highest BCUT2D eigenvalue weighted by molar-refractivity contribution is 5.96. The maximum atomic E-state index is 6.10. The molecule has 6 heteroatoms. The molecule has 3 aromatic heterocycles. The lowest BCUT2D eigenvalue weighted by Gasteiger charge is -2.18. The van der Waals surface area contributed by atoms with Crippen molar-refractivity contribution in [3.63, 3.8) is 0 Å². The Balaban J connectivity index is 1.37. The number of hydrogen-bond acceptors (Lipinski definition) is 6. The highest BCUT2D eigenvalue weighted by Crippen LogP contribution is 2.25. The van der Waals surface area contributed by atoms with Crippen LogP contribution in [0.2, 0.25) is 0 Å². The number of nitrogens with zero attached hydrogens (tertiary/aromatic N) is 4. The molecule has 0 spiro atoms. The Kier molecular flexibility index (Phi) is 4.54. The van der Waals surface area contributed by atoms with Gasteiger partial charge in [0.15, 0.2) is 11.3 Å². The van der Waals surface area contributed by atoms with Crippen LogP contribution in [0.25, 0.3) is 23.5 Å². The van der Waals surface area contributed by atoms with Crippen LogP contribution in [0.5, 0.6) is 0 Å². The molecule has 2 unspecified atom stereocenters. The van der Waals surface area contributed by atoms with E-state index in [2.05, 4.69) is 55.6 Å². The molecule has 0 bridgehead atoms. The van der Waals surface area contributed by atoms with Gasteiger partial charge >= 0.3 is 0 Å². The maximum Gasteiger partial charge on any atom is 0.219 e. The number of aliphatic imine (C=N–C) groups is 1. The van der Waals surface area contributed by atoms with Crippen molar-refractivity contribution in [1.82, 2.24) is 15.0 Å². The second-order valence-corrected chi connectivity index (χ2v) is 9.41. The first-order chi connectivity index (χ1) is 14.8. The van der Waals surface area contributed by atoms with Crippen molar-refractivity contribution in [2.45, 2.75) is 58.1 Å². The molecule has 6 nitrogen and oxygen atoms in total. The standard InChI is InChI=1S/C25H26N4O2/c1-14(2)23-28-19-10-20-22(11-21(19)30-23)31-24(29-20)15-6-8-17(26-12-15)18-9-7-16(13-27-18)25(3,4)5/h6-14,20,22H,1-5H3. The van der Waals surface area contributed by atoms with Crippen molar-refractivity contribution in [2.75, 3.05) is 0 Å². The summed E-state index contributed by atoms with van der Waals surface area (Å²) in [7, 11) is 0. The van der Waals surface area contributed by atoms with Gasteiger partial charge in [0, 0.05) is 24.4 Å². The van der Waals surface area contributed by atoms with Gasteiger partial charge in [-0.15, -0.1) is 0 Å². The predicted octanol–water partition coefficient (Wildman–Crippen LogP) is 3.34. The van der Waals surface area contributed by atoms with Crippen molar-refractivity contribution in [1.29, 1.82) is 0 Å². The van der Waals surface area contributed by atoms with E-state index in [0.717, 1.165) is 33.6 Å². The summed E-state index contributed by atoms with van der Waals surface area (Å²) in [6, 6.07) is 7.96. The first kappa shape index (κ1) is 19.7. The summed E-state index contributed by atoms with van der Waals surface area (Å²) in [5, 5.41) is 0.844. The second kappa shape index (κ2) is 7.15. The van der Waals surface area contributed by atoms with Crippen LogP contribution < -0.4 is 10.8 Å². The highest BCUT2D eigenvalue weighted by Gasteiger charge is 2.31. The predicted molar refractivity (Wildman–Crippen MR) is 120 cm³/mol. The van der Waals surface area contributed by atoms with Gasteiger partial charge in [0.2, 0.25) is 5.90 Å². The zero-order chi connectivity index (χ0) is 21.8. The minimum atomic E-state index is -0.179. The van der Waals surface area contributed by atoms with Crippen molar-refractivity contribution in [3.05, 3.63) is 64.4 Å². The van der Waals surface area contributed by atoms with E-state index in [-0.39, 0.29) is 23.5 Å². The lowest BCUT2D eigenvalue weighted by molar-refractivity contribution is 0.271. The third kappa shape index (κ3) is 3.67. The van der Waals surface area contributed by atoms with E-state index in [9.17, 15) is 0 Å². The SMILES string of the molecule is CC(C)c1nc2c(o1)=CC1OC(c3ccc(-c4ccc(C(C)(C)C)cn4)nc3)=NC1C=2. The van der Waals surface area contributed by atoms with Gasteiger partial charge in [-0.1, -0.05) is 40.7 Å². The van der Waals surface area contributed by atoms with Gasteiger partial charge < -0.3 is 9.15 Å². The molecule has 4 heterocycles. The Morgan fingerprint density at radius 1 is 0.935 bits per heavy atom. The van der Waals surface area contributed by atoms with E-state index in [1.807, 2.05) is 36.5 Å². The minimum absolute atomic E-state index is 0.0767. The molecule has 0 saturated carbocycles. The normalized spacial score (nSPS) is 19.7. The maximum absolute atomic E-state index is 6.10. The molecule has 1 aliphatic heterocycles. The molecule has 158 valence electrons. The van der Waals surface area contributed by atoms with Gasteiger partial charge in [-0.3, -0.25) is 9.97 Å². The molecule has 0 aromatic carbocycles. The monoisotopic (exact) mass is 414 g/mol. The Hall–Kier alpha value is -3.28. The van der Waals surface area contributed by atoms with Gasteiger partial charge in [0.1, 0.15) is 17.5 Å². The molecule has 0 amide bonds. The topological polar surface area (TPSA) is 73.4 Å². The van der Waals surface area contributed by atoms with E-state index >= 15 is 0 Å². The average molecular weight is 415 g/mol. The number of rotatable bonds is 3. The highest BCUT2D eigenvalue weighted by atomic mass is 16.5. The Bertz CT molecular complexity index is 1260. The molecule has 0 radical (unpaired) electrons. The Labute approximate surface area is 181 Å². The number of aromatic nitrogens is 3. The number of fused-ring (bicyclic) bond motifs is 2. The lowest BCUT2D eigenvalue weighted by atomic mass is 9.88. The van der Waals surface area contributed by atoms with Crippen LogP contribution in [0.3, 0.4) is 0 Å². The van der Waals surface area contributed by atoms with Gasteiger partial charge in [-0.25, -0.2) is 9.98 Å². The average Bonchev–Trinajstić information content (AvgIpc) is 3.35. The number of hydrogen-bond donors (Lipinski definition) is 0. The molecule has 0 fully saturated rings. The smallest absolute Gasteiger partial charge is 0.219 e. The van der Waals surface area contributed by atoms with Crippen LogP contribution in [0.15, 0.2) is 46.1 Å². The van der Waals surface area contributed by atoms with Crippen LogP contribution in [0, 0.1) is 0 Å². The summed E-state index contributed by atoms with van der Waals surface area (Å²) in [6.07, 6.45) is 7.52. The molecule has 3 aromatic rings. The molecule has 2 aliphatic rings. The molecule has 0 N–H and O–H groups in total. The summed E-state index contributed by atoms with van der Waals surface area (Å²) in [5.74, 6) is 1.58. The second-order valence-electron chi connectivity index (χ2n) is 9.41. The summed E-state index contributed by atoms with van der Waals surface area (Å²) in [5.41, 5.74) is 4.56. The molecule has 31 heavy (non-hydrogen) atoms. The molecule has 2 atom stereocenters. The minimum Gasteiger partial charge on any atom is -0.467 e. The molecule has 1 aliphatic carbocycles. The van der Waals surface area contributed by atoms with Crippen molar-refractivity contribution >= 4 is 18.0 Å². The quantitative estimate of drug-likeness (QED) is 0.657. The van der Waals surface area contributed by atoms with Gasteiger partial charge in [-0.2, -0.15) is 0 Å².